The van der Waals surface area contributed by atoms with Crippen molar-refractivity contribution < 1.29 is 37.3 Å². The molecule has 0 saturated carbocycles. The number of nitrogens with zero attached hydrogens (tertiary/aromatic N) is 2. The molecule has 40 heavy (non-hydrogen) atoms. The molecule has 1 aliphatic heterocycles. The van der Waals surface area contributed by atoms with Crippen LogP contribution in [0, 0.1) is 5.92 Å². The zero-order chi connectivity index (χ0) is 29.9. The lowest BCUT2D eigenvalue weighted by atomic mass is 10.0. The van der Waals surface area contributed by atoms with Crippen molar-refractivity contribution in [2.45, 2.75) is 52.0 Å². The van der Waals surface area contributed by atoms with E-state index in [1.807, 2.05) is 41.3 Å². The number of halogens is 4. The van der Waals surface area contributed by atoms with Gasteiger partial charge in [-0.05, 0) is 68.7 Å². The lowest BCUT2D eigenvalue weighted by Crippen LogP contribution is -2.49. The Kier molecular flexibility index (Phi) is 12.9. The second-order valence-electron chi connectivity index (χ2n) is 9.93. The smallest absolute Gasteiger partial charge is 0.490 e. The third-order valence-electron chi connectivity index (χ3n) is 6.17. The summed E-state index contributed by atoms with van der Waals surface area (Å²) < 4.78 is 43.0. The van der Waals surface area contributed by atoms with Crippen molar-refractivity contribution in [2.24, 2.45) is 5.92 Å². The molecule has 2 amide bonds. The Morgan fingerprint density at radius 1 is 1.15 bits per heavy atom. The molecule has 222 valence electrons. The van der Waals surface area contributed by atoms with Gasteiger partial charge in [-0.1, -0.05) is 43.6 Å². The Balaban J connectivity index is 0.000000708. The van der Waals surface area contributed by atoms with Gasteiger partial charge in [0.2, 0.25) is 0 Å². The maximum absolute atomic E-state index is 13.3. The van der Waals surface area contributed by atoms with Crippen LogP contribution in [-0.2, 0) is 17.9 Å². The first-order valence-electron chi connectivity index (χ1n) is 12.9. The van der Waals surface area contributed by atoms with Gasteiger partial charge < -0.3 is 29.7 Å². The number of hydrogen-bond acceptors (Lipinski definition) is 5. The van der Waals surface area contributed by atoms with Crippen LogP contribution in [0.5, 0.6) is 11.5 Å². The summed E-state index contributed by atoms with van der Waals surface area (Å²) in [5.41, 5.74) is 1.98. The standard InChI is InChI=1S/C26H36ClN3O3.C2HF3O2/c1-19(2)18-33-24-9-5-20(6-10-24)16-28-26(31)30(23-11-13-29(3)14-12-23)17-21-7-8-22(27)15-25(21)32-4;3-2(4,5)1(6)7/h5-10,15,19,23H,11-14,16-18H2,1-4H3,(H,28,31);(H,6,7). The predicted octanol–water partition coefficient (Wildman–Crippen LogP) is 5.82. The minimum absolute atomic E-state index is 0.0679. The number of rotatable bonds is 9. The molecule has 0 atom stereocenters. The summed E-state index contributed by atoms with van der Waals surface area (Å²) in [7, 11) is 3.75. The van der Waals surface area contributed by atoms with Gasteiger partial charge in [-0.25, -0.2) is 9.59 Å². The number of alkyl halides is 3. The van der Waals surface area contributed by atoms with Crippen molar-refractivity contribution in [1.29, 1.82) is 0 Å². The van der Waals surface area contributed by atoms with Crippen molar-refractivity contribution in [2.75, 3.05) is 33.9 Å². The largest absolute Gasteiger partial charge is 0.496 e. The van der Waals surface area contributed by atoms with Gasteiger partial charge in [-0.3, -0.25) is 0 Å². The molecule has 2 aromatic rings. The number of carbonyl (C=O) groups is 2. The summed E-state index contributed by atoms with van der Waals surface area (Å²) in [6.07, 6.45) is -3.19. The summed E-state index contributed by atoms with van der Waals surface area (Å²) in [6, 6.07) is 13.6. The zero-order valence-electron chi connectivity index (χ0n) is 23.1. The monoisotopic (exact) mass is 587 g/mol. The first kappa shape index (κ1) is 33.0. The lowest BCUT2D eigenvalue weighted by molar-refractivity contribution is -0.192. The van der Waals surface area contributed by atoms with E-state index in [-0.39, 0.29) is 12.1 Å². The number of amides is 2. The highest BCUT2D eigenvalue weighted by Crippen LogP contribution is 2.27. The number of benzene rings is 2. The number of urea groups is 1. The molecule has 1 aliphatic rings. The van der Waals surface area contributed by atoms with Gasteiger partial charge in [0.25, 0.3) is 0 Å². The van der Waals surface area contributed by atoms with Gasteiger partial charge in [0.05, 0.1) is 20.3 Å². The molecule has 2 aromatic carbocycles. The second-order valence-corrected chi connectivity index (χ2v) is 10.4. The fourth-order valence-corrected chi connectivity index (χ4v) is 4.11. The van der Waals surface area contributed by atoms with Crippen molar-refractivity contribution in [3.8, 4) is 11.5 Å². The Morgan fingerprint density at radius 2 is 1.75 bits per heavy atom. The normalized spacial score (nSPS) is 14.2. The molecule has 1 fully saturated rings. The fourth-order valence-electron chi connectivity index (χ4n) is 3.95. The average Bonchev–Trinajstić information content (AvgIpc) is 2.90. The quantitative estimate of drug-likeness (QED) is 0.384. The first-order chi connectivity index (χ1) is 18.8. The van der Waals surface area contributed by atoms with E-state index >= 15 is 0 Å². The Labute approximate surface area is 238 Å². The van der Waals surface area contributed by atoms with Crippen LogP contribution in [-0.4, -0.2) is 73.0 Å². The Bertz CT molecular complexity index is 1090. The van der Waals surface area contributed by atoms with Gasteiger partial charge >= 0.3 is 18.2 Å². The van der Waals surface area contributed by atoms with Crippen LogP contribution in [0.1, 0.15) is 37.8 Å². The van der Waals surface area contributed by atoms with Gasteiger partial charge in [0, 0.05) is 23.2 Å². The number of likely N-dealkylation sites (tertiary alicyclic amines) is 1. The van der Waals surface area contributed by atoms with Gasteiger partial charge in [0.1, 0.15) is 11.5 Å². The molecule has 0 aromatic heterocycles. The molecular formula is C28H37ClF3N3O5. The number of aliphatic carboxylic acids is 1. The molecule has 2 N–H and O–H groups in total. The van der Waals surface area contributed by atoms with Crippen LogP contribution in [0.15, 0.2) is 42.5 Å². The summed E-state index contributed by atoms with van der Waals surface area (Å²) in [5, 5.41) is 10.9. The summed E-state index contributed by atoms with van der Waals surface area (Å²) in [4.78, 5) is 26.5. The number of carboxylic acids is 1. The van der Waals surface area contributed by atoms with E-state index in [4.69, 9.17) is 31.0 Å². The molecule has 3 rings (SSSR count). The molecule has 1 heterocycles. The Morgan fingerprint density at radius 3 is 2.27 bits per heavy atom. The topological polar surface area (TPSA) is 91.3 Å². The maximum atomic E-state index is 13.3. The highest BCUT2D eigenvalue weighted by molar-refractivity contribution is 6.30. The average molecular weight is 588 g/mol. The van der Waals surface area contributed by atoms with Gasteiger partial charge in [-0.15, -0.1) is 0 Å². The molecule has 8 nitrogen and oxygen atoms in total. The third kappa shape index (κ3) is 11.1. The van der Waals surface area contributed by atoms with E-state index in [2.05, 4.69) is 31.1 Å². The van der Waals surface area contributed by atoms with Crippen LogP contribution < -0.4 is 14.8 Å². The number of methoxy groups -OCH3 is 1. The molecule has 0 radical (unpaired) electrons. The highest BCUT2D eigenvalue weighted by atomic mass is 35.5. The third-order valence-corrected chi connectivity index (χ3v) is 6.41. The van der Waals surface area contributed by atoms with E-state index in [1.165, 1.54) is 0 Å². The molecule has 12 heteroatoms. The number of hydrogen-bond donors (Lipinski definition) is 2. The predicted molar refractivity (Wildman–Crippen MR) is 147 cm³/mol. The fraction of sp³-hybridized carbons (Fsp3) is 0.500. The minimum Gasteiger partial charge on any atom is -0.496 e. The van der Waals surface area contributed by atoms with Gasteiger partial charge in [-0.2, -0.15) is 13.2 Å². The van der Waals surface area contributed by atoms with E-state index < -0.39 is 12.1 Å². The summed E-state index contributed by atoms with van der Waals surface area (Å²) in [6.45, 7) is 7.83. The number of ether oxygens (including phenoxy) is 2. The molecule has 0 spiro atoms. The van der Waals surface area contributed by atoms with Crippen molar-refractivity contribution in [3.05, 3.63) is 58.6 Å². The van der Waals surface area contributed by atoms with Crippen LogP contribution in [0.2, 0.25) is 5.02 Å². The lowest BCUT2D eigenvalue weighted by Gasteiger charge is -2.37. The number of nitrogens with one attached hydrogen (secondary N) is 1. The Hall–Kier alpha value is -3.18. The summed E-state index contributed by atoms with van der Waals surface area (Å²) in [5.74, 6) is -0.729. The zero-order valence-corrected chi connectivity index (χ0v) is 23.9. The number of carbonyl (C=O) groups excluding carboxylic acids is 1. The number of piperidine rings is 1. The van der Waals surface area contributed by atoms with Crippen molar-refractivity contribution in [3.63, 3.8) is 0 Å². The van der Waals surface area contributed by atoms with Gasteiger partial charge in [0.15, 0.2) is 0 Å². The maximum Gasteiger partial charge on any atom is 0.490 e. The molecule has 0 bridgehead atoms. The van der Waals surface area contributed by atoms with E-state index in [9.17, 15) is 18.0 Å². The van der Waals surface area contributed by atoms with Crippen LogP contribution in [0.3, 0.4) is 0 Å². The first-order valence-corrected chi connectivity index (χ1v) is 13.2. The molecule has 0 unspecified atom stereocenters. The van der Waals surface area contributed by atoms with E-state index in [1.54, 1.807) is 13.2 Å². The van der Waals surface area contributed by atoms with Crippen LogP contribution >= 0.6 is 11.6 Å². The molecular weight excluding hydrogens is 551 g/mol. The van der Waals surface area contributed by atoms with Crippen molar-refractivity contribution >= 4 is 23.6 Å². The highest BCUT2D eigenvalue weighted by Gasteiger charge is 2.38. The molecule has 1 saturated heterocycles. The molecule has 0 aliphatic carbocycles. The summed E-state index contributed by atoms with van der Waals surface area (Å²) >= 11 is 6.14. The second kappa shape index (κ2) is 15.6. The van der Waals surface area contributed by atoms with E-state index in [0.29, 0.717) is 36.4 Å². The van der Waals surface area contributed by atoms with E-state index in [0.717, 1.165) is 42.8 Å². The van der Waals surface area contributed by atoms with Crippen molar-refractivity contribution in [1.82, 2.24) is 15.1 Å². The SMILES string of the molecule is COc1cc(Cl)ccc1CN(C(=O)NCc1ccc(OCC(C)C)cc1)C1CCN(C)CC1.O=C(O)C(F)(F)F. The van der Waals surface area contributed by atoms with Crippen LogP contribution in [0.25, 0.3) is 0 Å². The van der Waals surface area contributed by atoms with Crippen LogP contribution in [0.4, 0.5) is 18.0 Å². The number of carboxylic acid groups (broad SMARTS) is 1. The minimum atomic E-state index is -5.08.